The first-order chi connectivity index (χ1) is 17.6. The number of rotatable bonds is 8. The standard InChI is InChI=1S/C16H24FN5O14P2/c1-4-8(23)10(25)6(17)15(33-4)35-38(30,31)36-37(28,29)32-2-5-9(24)11(26)14(34-5)22-3-19-7-12(22)20-16(18)21-13(7)27/h3-6,8-11,14-15,23-26H,2H2,1H3,(H,28,29)(H,30,31)(H3,18,20,21,27)/t4-,5+,6-,8+,9+,10-,11+,14+,15+/m0/s1. The van der Waals surface area contributed by atoms with E-state index in [4.69, 9.17) is 15.2 Å². The van der Waals surface area contributed by atoms with Crippen LogP contribution in [0.3, 0.4) is 0 Å². The number of phosphoric acid groups is 2. The molecule has 0 saturated carbocycles. The lowest BCUT2D eigenvalue weighted by Gasteiger charge is -2.37. The van der Waals surface area contributed by atoms with E-state index in [0.29, 0.717) is 0 Å². The number of nitrogens with zero attached hydrogens (tertiary/aromatic N) is 3. The molecule has 2 aliphatic heterocycles. The summed E-state index contributed by atoms with van der Waals surface area (Å²) >= 11 is 0. The first-order valence-electron chi connectivity index (χ1n) is 10.7. The number of alkyl halides is 1. The first kappa shape index (κ1) is 29.1. The third kappa shape index (κ3) is 5.82. The van der Waals surface area contributed by atoms with Gasteiger partial charge in [0.1, 0.15) is 30.5 Å². The van der Waals surface area contributed by atoms with Gasteiger partial charge in [-0.1, -0.05) is 0 Å². The van der Waals surface area contributed by atoms with Gasteiger partial charge in [0.15, 0.2) is 23.6 Å². The molecule has 0 bridgehead atoms. The summed E-state index contributed by atoms with van der Waals surface area (Å²) in [7, 11) is -11.1. The van der Waals surface area contributed by atoms with E-state index in [1.54, 1.807) is 0 Å². The fourth-order valence-electron chi connectivity index (χ4n) is 3.78. The molecule has 4 rings (SSSR count). The van der Waals surface area contributed by atoms with Gasteiger partial charge in [-0.05, 0) is 6.92 Å². The number of aromatic amines is 1. The van der Waals surface area contributed by atoms with Crippen LogP contribution in [-0.4, -0.2) is 105 Å². The molecule has 2 aromatic rings. The van der Waals surface area contributed by atoms with Gasteiger partial charge in [0, 0.05) is 0 Å². The van der Waals surface area contributed by atoms with Crippen LogP contribution >= 0.6 is 15.6 Å². The van der Waals surface area contributed by atoms with Crippen molar-refractivity contribution in [1.29, 1.82) is 0 Å². The summed E-state index contributed by atoms with van der Waals surface area (Å²) in [6.07, 6.45) is -15.1. The number of phosphoric ester groups is 2. The molecule has 0 aromatic carbocycles. The monoisotopic (exact) mass is 591 g/mol. The topological polar surface area (TPSA) is 291 Å². The molecule has 22 heteroatoms. The molecular weight excluding hydrogens is 567 g/mol. The number of hydrogen-bond donors (Lipinski definition) is 8. The number of nitrogen functional groups attached to an aromatic ring is 1. The average Bonchev–Trinajstić information content (AvgIpc) is 3.35. The lowest BCUT2D eigenvalue weighted by atomic mass is 10.0. The number of aliphatic hydroxyl groups is 4. The molecule has 2 aliphatic rings. The number of fused-ring (bicyclic) bond motifs is 1. The highest BCUT2D eigenvalue weighted by atomic mass is 31.3. The van der Waals surface area contributed by atoms with E-state index in [0.717, 1.165) is 10.9 Å². The van der Waals surface area contributed by atoms with Crippen molar-refractivity contribution in [3.63, 3.8) is 0 Å². The van der Waals surface area contributed by atoms with Crippen LogP contribution in [0.15, 0.2) is 11.1 Å². The Hall–Kier alpha value is -1.90. The van der Waals surface area contributed by atoms with Crippen LogP contribution in [0.4, 0.5) is 10.3 Å². The summed E-state index contributed by atoms with van der Waals surface area (Å²) in [5.74, 6) is -0.274. The number of halogens is 1. The molecule has 38 heavy (non-hydrogen) atoms. The maximum Gasteiger partial charge on any atom is 0.483 e. The van der Waals surface area contributed by atoms with Gasteiger partial charge >= 0.3 is 15.6 Å². The van der Waals surface area contributed by atoms with Crippen molar-refractivity contribution in [1.82, 2.24) is 19.5 Å². The largest absolute Gasteiger partial charge is 0.483 e. The second-order valence-corrected chi connectivity index (χ2v) is 11.4. The van der Waals surface area contributed by atoms with Crippen LogP contribution < -0.4 is 11.3 Å². The predicted molar refractivity (Wildman–Crippen MR) is 118 cm³/mol. The van der Waals surface area contributed by atoms with Crippen LogP contribution in [0.1, 0.15) is 13.2 Å². The number of nitrogens with two attached hydrogens (primary N) is 1. The Kier molecular flexibility index (Phi) is 8.10. The van der Waals surface area contributed by atoms with Crippen molar-refractivity contribution < 1.29 is 66.6 Å². The van der Waals surface area contributed by atoms with Gasteiger partial charge in [0.25, 0.3) is 5.56 Å². The Bertz CT molecular complexity index is 1330. The molecule has 2 unspecified atom stereocenters. The summed E-state index contributed by atoms with van der Waals surface area (Å²) in [6.45, 7) is 0.211. The zero-order valence-electron chi connectivity index (χ0n) is 19.1. The lowest BCUT2D eigenvalue weighted by molar-refractivity contribution is -0.254. The fourth-order valence-corrected chi connectivity index (χ4v) is 5.92. The van der Waals surface area contributed by atoms with E-state index in [9.17, 15) is 48.5 Å². The van der Waals surface area contributed by atoms with Gasteiger partial charge in [0.05, 0.1) is 19.0 Å². The molecule has 214 valence electrons. The predicted octanol–water partition coefficient (Wildman–Crippen LogP) is -2.62. The van der Waals surface area contributed by atoms with Gasteiger partial charge in [-0.3, -0.25) is 23.4 Å². The van der Waals surface area contributed by atoms with Crippen LogP contribution in [0.5, 0.6) is 0 Å². The van der Waals surface area contributed by atoms with Crippen molar-refractivity contribution in [2.75, 3.05) is 12.3 Å². The SMILES string of the molecule is C[C@@H]1O[C@H](OP(=O)(O)OP(=O)(O)OC[C@H]2O[C@@H](n3cnc4c(=O)[nH]c(N)nc43)[C@H](O)[C@@H]2O)[C@@H](F)[C@H](O)[C@@H]1O. The summed E-state index contributed by atoms with van der Waals surface area (Å²) in [6, 6.07) is 0. The van der Waals surface area contributed by atoms with E-state index in [2.05, 4.69) is 28.3 Å². The Morgan fingerprint density at radius 3 is 2.50 bits per heavy atom. The Morgan fingerprint density at radius 2 is 1.82 bits per heavy atom. The first-order valence-corrected chi connectivity index (χ1v) is 13.7. The lowest BCUT2D eigenvalue weighted by Crippen LogP contribution is -2.55. The number of ether oxygens (including phenoxy) is 2. The minimum Gasteiger partial charge on any atom is -0.388 e. The van der Waals surface area contributed by atoms with Crippen molar-refractivity contribution in [2.24, 2.45) is 0 Å². The molecule has 2 saturated heterocycles. The molecular formula is C16H24FN5O14P2. The van der Waals surface area contributed by atoms with Gasteiger partial charge in [-0.2, -0.15) is 9.29 Å². The number of nitrogens with one attached hydrogen (secondary N) is 1. The minimum absolute atomic E-state index is 0.110. The number of imidazole rings is 1. The molecule has 11 atom stereocenters. The van der Waals surface area contributed by atoms with Crippen molar-refractivity contribution >= 4 is 32.8 Å². The average molecular weight is 591 g/mol. The summed E-state index contributed by atoms with van der Waals surface area (Å²) in [4.78, 5) is 41.5. The van der Waals surface area contributed by atoms with E-state index in [1.807, 2.05) is 0 Å². The third-order valence-electron chi connectivity index (χ3n) is 5.67. The molecule has 0 radical (unpaired) electrons. The number of aromatic nitrogens is 4. The Labute approximate surface area is 210 Å². The zero-order chi connectivity index (χ0) is 28.2. The Balaban J connectivity index is 1.39. The summed E-state index contributed by atoms with van der Waals surface area (Å²) in [5, 5.41) is 39.9. The molecule has 4 heterocycles. The van der Waals surface area contributed by atoms with Crippen molar-refractivity contribution in [3.8, 4) is 0 Å². The quantitative estimate of drug-likeness (QED) is 0.146. The second-order valence-electron chi connectivity index (χ2n) is 8.38. The highest BCUT2D eigenvalue weighted by Gasteiger charge is 2.49. The smallest absolute Gasteiger partial charge is 0.388 e. The molecule has 2 aromatic heterocycles. The van der Waals surface area contributed by atoms with Crippen molar-refractivity contribution in [2.45, 2.75) is 62.2 Å². The second kappa shape index (κ2) is 10.6. The number of hydrogen-bond acceptors (Lipinski definition) is 15. The van der Waals surface area contributed by atoms with Crippen molar-refractivity contribution in [3.05, 3.63) is 16.7 Å². The van der Waals surface area contributed by atoms with E-state index in [1.165, 1.54) is 6.92 Å². The minimum atomic E-state index is -5.58. The van der Waals surface area contributed by atoms with E-state index >= 15 is 0 Å². The van der Waals surface area contributed by atoms with Gasteiger partial charge < -0.3 is 45.4 Å². The number of aliphatic hydroxyl groups excluding tert-OH is 4. The third-order valence-corrected chi connectivity index (χ3v) is 8.27. The Morgan fingerprint density at radius 1 is 1.13 bits per heavy atom. The molecule has 19 nitrogen and oxygen atoms in total. The molecule has 0 spiro atoms. The number of H-pyrrole nitrogens is 1. The zero-order valence-corrected chi connectivity index (χ0v) is 20.9. The molecule has 9 N–H and O–H groups in total. The van der Waals surface area contributed by atoms with Crippen LogP contribution in [-0.2, 0) is 32.0 Å². The summed E-state index contributed by atoms with van der Waals surface area (Å²) < 4.78 is 63.0. The van der Waals surface area contributed by atoms with E-state index < -0.39 is 83.1 Å². The normalized spacial score (nSPS) is 37.2. The summed E-state index contributed by atoms with van der Waals surface area (Å²) in [5.41, 5.74) is 4.55. The van der Waals surface area contributed by atoms with Crippen LogP contribution in [0.2, 0.25) is 0 Å². The van der Waals surface area contributed by atoms with Crippen LogP contribution in [0.25, 0.3) is 11.2 Å². The maximum atomic E-state index is 14.1. The van der Waals surface area contributed by atoms with Gasteiger partial charge in [0.2, 0.25) is 12.2 Å². The van der Waals surface area contributed by atoms with Crippen LogP contribution in [0, 0.1) is 0 Å². The maximum absolute atomic E-state index is 14.1. The molecule has 0 amide bonds. The number of anilines is 1. The fraction of sp³-hybridized carbons (Fsp3) is 0.688. The van der Waals surface area contributed by atoms with Gasteiger partial charge in [-0.25, -0.2) is 18.5 Å². The highest BCUT2D eigenvalue weighted by Crippen LogP contribution is 2.61. The molecule has 0 aliphatic carbocycles. The highest BCUT2D eigenvalue weighted by molar-refractivity contribution is 7.61. The van der Waals surface area contributed by atoms with E-state index in [-0.39, 0.29) is 17.1 Å². The van der Waals surface area contributed by atoms with Gasteiger partial charge in [-0.15, -0.1) is 0 Å². The molecule has 2 fully saturated rings.